The molecule has 2 atom stereocenters. The fraction of sp³-hybridized carbons (Fsp3) is 0.400. The normalized spacial score (nSPS) is 15.2. The number of hydrogen-bond donors (Lipinski definition) is 4. The lowest BCUT2D eigenvalue weighted by Gasteiger charge is -2.20. The molecule has 1 aliphatic heterocycles. The average molecular weight is 899 g/mol. The molecule has 1 fully saturated rings. The van der Waals surface area contributed by atoms with E-state index in [4.69, 9.17) is 56.1 Å². The second-order valence-electron chi connectivity index (χ2n) is 14.8. The van der Waals surface area contributed by atoms with Gasteiger partial charge in [-0.2, -0.15) is 10.2 Å². The Labute approximate surface area is 372 Å². The zero-order chi connectivity index (χ0) is 43.0. The Morgan fingerprint density at radius 2 is 1.45 bits per heavy atom. The van der Waals surface area contributed by atoms with Crippen molar-refractivity contribution in [3.05, 3.63) is 98.5 Å². The summed E-state index contributed by atoms with van der Waals surface area (Å²) in [7, 11) is 0. The molecule has 2 unspecified atom stereocenters. The van der Waals surface area contributed by atoms with Crippen LogP contribution in [0.1, 0.15) is 103 Å². The number of carbonyl (C=O) groups excluding carboxylic acids is 2. The van der Waals surface area contributed by atoms with Gasteiger partial charge in [0.2, 0.25) is 6.04 Å². The monoisotopic (exact) mass is 896 g/mol. The lowest BCUT2D eigenvalue weighted by atomic mass is 10.0. The van der Waals surface area contributed by atoms with Gasteiger partial charge >= 0.3 is 0 Å². The first-order valence-corrected chi connectivity index (χ1v) is 22.1. The van der Waals surface area contributed by atoms with Gasteiger partial charge in [0.25, 0.3) is 11.8 Å². The van der Waals surface area contributed by atoms with E-state index in [1.807, 2.05) is 0 Å². The van der Waals surface area contributed by atoms with Gasteiger partial charge in [-0.05, 0) is 104 Å². The molecule has 4 aromatic carbocycles. The number of phenols is 2. The number of hydrogen-bond acceptors (Lipinski definition) is 8. The molecule has 1 aliphatic rings. The van der Waals surface area contributed by atoms with E-state index < -0.39 is 18.1 Å². The van der Waals surface area contributed by atoms with Crippen LogP contribution in [-0.2, 0) is 16.0 Å². The first-order chi connectivity index (χ1) is 29.0. The highest BCUT2D eigenvalue weighted by molar-refractivity contribution is 6.43. The number of unbranched alkanes of at least 4 members (excludes halogenated alkanes) is 10. The number of hydrazine groups is 1. The third-order valence-electron chi connectivity index (χ3n) is 9.98. The van der Waals surface area contributed by atoms with E-state index in [1.165, 1.54) is 74.9 Å². The molecular weight excluding hydrogens is 846 g/mol. The van der Waals surface area contributed by atoms with Gasteiger partial charge in [-0.3, -0.25) is 15.0 Å². The van der Waals surface area contributed by atoms with E-state index in [1.54, 1.807) is 36.4 Å². The zero-order valence-electron chi connectivity index (χ0n) is 33.9. The molecule has 15 heteroatoms. The molecule has 0 radical (unpaired) electrons. The Balaban J connectivity index is 1.37. The summed E-state index contributed by atoms with van der Waals surface area (Å²) in [5.41, 5.74) is 4.84. The summed E-state index contributed by atoms with van der Waals surface area (Å²) in [4.78, 5) is 32.6. The SMILES string of the molecule is CCCCCCCCCCCCC(Oc1ccc(O)c(CCCC)c1)C(=O)Nc1ccc(Cl)c(N=C2NN(c3c(Cl)cc(Cl)cc3Cl)C(=O)C2N=Nc2ccc(O)cc2)c1. The van der Waals surface area contributed by atoms with E-state index in [-0.39, 0.29) is 54.7 Å². The van der Waals surface area contributed by atoms with Gasteiger partial charge in [0.1, 0.15) is 22.9 Å². The highest BCUT2D eigenvalue weighted by Gasteiger charge is 2.41. The van der Waals surface area contributed by atoms with Crippen LogP contribution in [0.15, 0.2) is 88.0 Å². The maximum atomic E-state index is 14.0. The number of phenolic OH excluding ortho intramolecular Hbond substituents is 2. The molecule has 320 valence electrons. The Morgan fingerprint density at radius 1 is 0.800 bits per heavy atom. The molecule has 0 saturated carbocycles. The number of nitrogens with one attached hydrogen (secondary N) is 2. The number of carbonyl (C=O) groups is 2. The van der Waals surface area contributed by atoms with Crippen LogP contribution in [0.4, 0.5) is 22.7 Å². The lowest BCUT2D eigenvalue weighted by molar-refractivity contribution is -0.123. The van der Waals surface area contributed by atoms with Crippen molar-refractivity contribution < 1.29 is 24.5 Å². The predicted octanol–water partition coefficient (Wildman–Crippen LogP) is 13.5. The second kappa shape index (κ2) is 23.4. The van der Waals surface area contributed by atoms with Gasteiger partial charge in [-0.15, -0.1) is 0 Å². The van der Waals surface area contributed by atoms with E-state index >= 15 is 0 Å². The summed E-state index contributed by atoms with van der Waals surface area (Å²) in [5.74, 6) is -0.160. The number of anilines is 2. The maximum absolute atomic E-state index is 14.0. The number of amides is 2. The molecular formula is C45H52Cl4N6O5. The highest BCUT2D eigenvalue weighted by Crippen LogP contribution is 2.38. The molecule has 4 N–H and O–H groups in total. The Bertz CT molecular complexity index is 2110. The minimum Gasteiger partial charge on any atom is -0.508 e. The van der Waals surface area contributed by atoms with Crippen molar-refractivity contribution in [2.24, 2.45) is 15.2 Å². The Kier molecular flexibility index (Phi) is 18.2. The van der Waals surface area contributed by atoms with Crippen LogP contribution in [-0.4, -0.2) is 40.0 Å². The zero-order valence-corrected chi connectivity index (χ0v) is 36.9. The summed E-state index contributed by atoms with van der Waals surface area (Å²) in [6.45, 7) is 4.32. The van der Waals surface area contributed by atoms with Gasteiger partial charge < -0.3 is 20.3 Å². The van der Waals surface area contributed by atoms with Crippen molar-refractivity contribution in [2.75, 3.05) is 10.3 Å². The number of aliphatic imine (C=N–C) groups is 1. The average Bonchev–Trinajstić information content (AvgIpc) is 3.51. The molecule has 5 rings (SSSR count). The smallest absolute Gasteiger partial charge is 0.280 e. The molecule has 1 saturated heterocycles. The van der Waals surface area contributed by atoms with Gasteiger partial charge in [-0.25, -0.2) is 10.0 Å². The summed E-state index contributed by atoms with van der Waals surface area (Å²) in [6.07, 6.45) is 13.8. The van der Waals surface area contributed by atoms with Crippen molar-refractivity contribution in [3.63, 3.8) is 0 Å². The molecule has 1 heterocycles. The van der Waals surface area contributed by atoms with Crippen molar-refractivity contribution in [1.82, 2.24) is 5.43 Å². The fourth-order valence-electron chi connectivity index (χ4n) is 6.67. The van der Waals surface area contributed by atoms with Crippen molar-refractivity contribution in [1.29, 1.82) is 0 Å². The molecule has 4 aromatic rings. The summed E-state index contributed by atoms with van der Waals surface area (Å²) in [6, 6.07) is 17.5. The van der Waals surface area contributed by atoms with E-state index in [2.05, 4.69) is 34.8 Å². The molecule has 0 bridgehead atoms. The molecule has 60 heavy (non-hydrogen) atoms. The molecule has 0 spiro atoms. The fourth-order valence-corrected chi connectivity index (χ4v) is 7.82. The third-order valence-corrected chi connectivity index (χ3v) is 11.1. The topological polar surface area (TPSA) is 148 Å². The van der Waals surface area contributed by atoms with Crippen LogP contribution in [0.3, 0.4) is 0 Å². The lowest BCUT2D eigenvalue weighted by Crippen LogP contribution is -2.36. The predicted molar refractivity (Wildman–Crippen MR) is 243 cm³/mol. The summed E-state index contributed by atoms with van der Waals surface area (Å²) >= 11 is 25.8. The van der Waals surface area contributed by atoms with Crippen LogP contribution in [0.5, 0.6) is 17.2 Å². The minimum absolute atomic E-state index is 0.0446. The second-order valence-corrected chi connectivity index (χ2v) is 16.4. The number of aromatic hydroxyl groups is 2. The van der Waals surface area contributed by atoms with Gasteiger partial charge in [0.15, 0.2) is 11.9 Å². The largest absolute Gasteiger partial charge is 0.508 e. The first-order valence-electron chi connectivity index (χ1n) is 20.6. The van der Waals surface area contributed by atoms with Crippen LogP contribution >= 0.6 is 46.4 Å². The Morgan fingerprint density at radius 3 is 2.12 bits per heavy atom. The van der Waals surface area contributed by atoms with Gasteiger partial charge in [0, 0.05) is 10.7 Å². The highest BCUT2D eigenvalue weighted by atomic mass is 35.5. The Hall–Kier alpha value is -4.55. The number of azo groups is 1. The molecule has 0 aliphatic carbocycles. The number of amidine groups is 1. The number of ether oxygens (including phenoxy) is 1. The molecule has 0 aromatic heterocycles. The molecule has 2 amide bonds. The van der Waals surface area contributed by atoms with Crippen molar-refractivity contribution in [2.45, 2.75) is 116 Å². The van der Waals surface area contributed by atoms with Gasteiger partial charge in [0.05, 0.1) is 26.4 Å². The van der Waals surface area contributed by atoms with Crippen molar-refractivity contribution >= 4 is 86.8 Å². The van der Waals surface area contributed by atoms with Gasteiger partial charge in [-0.1, -0.05) is 124 Å². The molecule has 11 nitrogen and oxygen atoms in total. The van der Waals surface area contributed by atoms with Crippen molar-refractivity contribution in [3.8, 4) is 17.2 Å². The minimum atomic E-state index is -1.29. The van der Waals surface area contributed by atoms with E-state index in [9.17, 15) is 19.8 Å². The van der Waals surface area contributed by atoms with Crippen LogP contribution in [0, 0.1) is 0 Å². The van der Waals surface area contributed by atoms with E-state index in [0.717, 1.165) is 49.1 Å². The summed E-state index contributed by atoms with van der Waals surface area (Å²) in [5, 5.41) is 33.5. The van der Waals surface area contributed by atoms with E-state index in [0.29, 0.717) is 30.0 Å². The first kappa shape index (κ1) is 46.5. The number of aryl methyl sites for hydroxylation is 1. The number of rotatable bonds is 22. The number of halogens is 4. The van der Waals surface area contributed by atoms with Crippen LogP contribution in [0.2, 0.25) is 20.1 Å². The summed E-state index contributed by atoms with van der Waals surface area (Å²) < 4.78 is 6.35. The third kappa shape index (κ3) is 13.5. The quantitative estimate of drug-likeness (QED) is 0.0456. The number of nitrogens with zero attached hydrogens (tertiary/aromatic N) is 4. The van der Waals surface area contributed by atoms with Crippen LogP contribution < -0.4 is 20.5 Å². The number of benzene rings is 4. The van der Waals surface area contributed by atoms with Crippen LogP contribution in [0.25, 0.3) is 0 Å². The standard InChI is InChI=1S/C45H52Cl4N6O5/c1-3-5-7-8-9-10-11-12-13-14-16-40(60-34-22-24-39(57)29(25-34)15-6-4-2)44(58)50-32-19-23-35(47)38(28-32)51-43-41(53-52-31-17-20-33(56)21-18-31)45(59)55(54-43)42-36(48)26-30(46)27-37(42)49/h17-28,40-41,56-57H,3-16H2,1-2H3,(H,50,58)(H,51,54). The maximum Gasteiger partial charge on any atom is 0.280 e.